The first-order valence-corrected chi connectivity index (χ1v) is 10.8. The number of aliphatic carboxylic acids is 1. The second-order valence-electron chi connectivity index (χ2n) is 7.96. The van der Waals surface area contributed by atoms with Crippen LogP contribution in [0, 0.1) is 23.7 Å². The third kappa shape index (κ3) is 4.04. The van der Waals surface area contributed by atoms with E-state index in [1.54, 1.807) is 12.1 Å². The zero-order valence-corrected chi connectivity index (χ0v) is 17.6. The van der Waals surface area contributed by atoms with Gasteiger partial charge in [-0.3, -0.25) is 9.59 Å². The van der Waals surface area contributed by atoms with Crippen LogP contribution in [0.3, 0.4) is 0 Å². The fraction of sp³-hybridized carbons (Fsp3) is 0.273. The van der Waals surface area contributed by atoms with E-state index in [2.05, 4.69) is 15.3 Å². The summed E-state index contributed by atoms with van der Waals surface area (Å²) in [6.07, 6.45) is 0.930. The van der Waals surface area contributed by atoms with Gasteiger partial charge in [-0.2, -0.15) is 13.2 Å². The molecule has 7 nitrogen and oxygen atoms in total. The average molecular weight is 475 g/mol. The molecule has 0 aliphatic heterocycles. The lowest BCUT2D eigenvalue weighted by Gasteiger charge is -2.23. The number of fused-ring (bicyclic) bond motifs is 3. The Morgan fingerprint density at radius 2 is 1.88 bits per heavy atom. The smallest absolute Gasteiger partial charge is 0.416 e. The van der Waals surface area contributed by atoms with Crippen molar-refractivity contribution < 1.29 is 32.6 Å². The van der Waals surface area contributed by atoms with Gasteiger partial charge in [-0.1, -0.05) is 23.5 Å². The number of carboxylic acid groups (broad SMARTS) is 1. The van der Waals surface area contributed by atoms with Crippen LogP contribution in [0.15, 0.2) is 48.7 Å². The van der Waals surface area contributed by atoms with Gasteiger partial charge in [0.2, 0.25) is 11.8 Å². The lowest BCUT2D eigenvalue weighted by Crippen LogP contribution is -2.36. The number of hydrogen-bond donors (Lipinski definition) is 2. The molecule has 2 aliphatic rings. The lowest BCUT2D eigenvalue weighted by atomic mass is 9.82. The van der Waals surface area contributed by atoms with E-state index in [-0.39, 0.29) is 29.4 Å². The summed E-state index contributed by atoms with van der Waals surface area (Å²) in [5.74, 6) is -2.96. The molecule has 11 heteroatoms. The quantitative estimate of drug-likeness (QED) is 0.506. The van der Waals surface area contributed by atoms with E-state index < -0.39 is 29.5 Å². The number of pyridine rings is 1. The first kappa shape index (κ1) is 21.4. The van der Waals surface area contributed by atoms with Crippen molar-refractivity contribution in [3.8, 4) is 11.6 Å². The Labute approximate surface area is 188 Å². The Bertz CT molecular complexity index is 1290. The highest BCUT2D eigenvalue weighted by molar-refractivity contribution is 7.22. The molecular weight excluding hydrogens is 459 g/mol. The Morgan fingerprint density at radius 1 is 1.12 bits per heavy atom. The second kappa shape index (κ2) is 7.84. The number of aromatic nitrogens is 2. The molecule has 33 heavy (non-hydrogen) atoms. The molecule has 2 N–H and O–H groups in total. The normalized spacial score (nSPS) is 23.7. The van der Waals surface area contributed by atoms with Gasteiger partial charge in [0.05, 0.1) is 27.6 Å². The van der Waals surface area contributed by atoms with Crippen molar-refractivity contribution in [1.82, 2.24) is 9.97 Å². The summed E-state index contributed by atoms with van der Waals surface area (Å²) in [6, 6.07) is 6.41. The van der Waals surface area contributed by atoms with Gasteiger partial charge in [-0.25, -0.2) is 9.97 Å². The predicted octanol–water partition coefficient (Wildman–Crippen LogP) is 4.96. The van der Waals surface area contributed by atoms with Crippen LogP contribution in [-0.4, -0.2) is 27.0 Å². The summed E-state index contributed by atoms with van der Waals surface area (Å²) in [5.41, 5.74) is -0.311. The number of allylic oxidation sites excluding steroid dienone is 2. The molecule has 1 amide bonds. The SMILES string of the molecule is O=C(O)C1C2C=CC(C2)C1C(=O)Nc1nc2ccc(Oc3cc(C(F)(F)F)ccn3)cc2s1. The van der Waals surface area contributed by atoms with E-state index >= 15 is 0 Å². The van der Waals surface area contributed by atoms with Gasteiger partial charge in [0.1, 0.15) is 5.75 Å². The minimum Gasteiger partial charge on any atom is -0.481 e. The maximum Gasteiger partial charge on any atom is 0.416 e. The van der Waals surface area contributed by atoms with Crippen molar-refractivity contribution in [2.45, 2.75) is 12.6 Å². The van der Waals surface area contributed by atoms with E-state index in [0.717, 1.165) is 29.7 Å². The van der Waals surface area contributed by atoms with Gasteiger partial charge >= 0.3 is 12.1 Å². The number of carbonyl (C=O) groups excluding carboxylic acids is 1. The minimum atomic E-state index is -4.51. The highest BCUT2D eigenvalue weighted by Crippen LogP contribution is 2.48. The highest BCUT2D eigenvalue weighted by Gasteiger charge is 2.51. The molecule has 4 atom stereocenters. The Kier molecular flexibility index (Phi) is 5.08. The number of anilines is 1. The fourth-order valence-corrected chi connectivity index (χ4v) is 5.39. The van der Waals surface area contributed by atoms with Crippen LogP contribution in [0.2, 0.25) is 0 Å². The summed E-state index contributed by atoms with van der Waals surface area (Å²) in [4.78, 5) is 32.7. The van der Waals surface area contributed by atoms with E-state index in [0.29, 0.717) is 21.8 Å². The number of benzene rings is 1. The van der Waals surface area contributed by atoms with Crippen molar-refractivity contribution in [1.29, 1.82) is 0 Å². The lowest BCUT2D eigenvalue weighted by molar-refractivity contribution is -0.146. The predicted molar refractivity (Wildman–Crippen MR) is 113 cm³/mol. The Hall–Kier alpha value is -3.47. The fourth-order valence-electron chi connectivity index (χ4n) is 4.49. The zero-order chi connectivity index (χ0) is 23.3. The first-order chi connectivity index (χ1) is 15.7. The van der Waals surface area contributed by atoms with Crippen molar-refractivity contribution in [3.63, 3.8) is 0 Å². The van der Waals surface area contributed by atoms with Crippen LogP contribution in [0.1, 0.15) is 12.0 Å². The standard InChI is InChI=1S/C22H16F3N3O4S/c23-22(24,25)12-5-6-26-16(8-12)32-13-3-4-14-15(9-13)33-21(27-14)28-19(29)17-10-1-2-11(7-10)18(17)20(30)31/h1-6,8-11,17-18H,7H2,(H,30,31)(H,27,28,29). The molecule has 1 saturated carbocycles. The number of alkyl halides is 3. The van der Waals surface area contributed by atoms with E-state index in [1.165, 1.54) is 6.07 Å². The number of nitrogens with one attached hydrogen (secondary N) is 1. The highest BCUT2D eigenvalue weighted by atomic mass is 32.1. The number of rotatable bonds is 5. The molecule has 0 radical (unpaired) electrons. The number of amides is 1. The molecule has 2 heterocycles. The zero-order valence-electron chi connectivity index (χ0n) is 16.7. The van der Waals surface area contributed by atoms with Crippen molar-refractivity contribution in [2.24, 2.45) is 23.7 Å². The van der Waals surface area contributed by atoms with Gasteiger partial charge in [0, 0.05) is 18.3 Å². The number of carboxylic acids is 1. The molecular formula is C22H16F3N3O4S. The maximum absolute atomic E-state index is 12.9. The van der Waals surface area contributed by atoms with E-state index in [4.69, 9.17) is 4.74 Å². The van der Waals surface area contributed by atoms with Crippen LogP contribution in [-0.2, 0) is 15.8 Å². The average Bonchev–Trinajstić information content (AvgIpc) is 3.46. The maximum atomic E-state index is 12.9. The van der Waals surface area contributed by atoms with Gasteiger partial charge < -0.3 is 15.2 Å². The van der Waals surface area contributed by atoms with Gasteiger partial charge in [0.25, 0.3) is 0 Å². The molecule has 5 rings (SSSR count). The van der Waals surface area contributed by atoms with Crippen LogP contribution in [0.4, 0.5) is 18.3 Å². The summed E-state index contributed by atoms with van der Waals surface area (Å²) in [7, 11) is 0. The summed E-state index contributed by atoms with van der Waals surface area (Å²) >= 11 is 1.16. The largest absolute Gasteiger partial charge is 0.481 e. The van der Waals surface area contributed by atoms with Crippen LogP contribution < -0.4 is 10.1 Å². The molecule has 4 unspecified atom stereocenters. The molecule has 0 saturated heterocycles. The van der Waals surface area contributed by atoms with Gasteiger partial charge in [-0.05, 0) is 36.5 Å². The van der Waals surface area contributed by atoms with Gasteiger partial charge in [0.15, 0.2) is 5.13 Å². The number of ether oxygens (including phenoxy) is 1. The van der Waals surface area contributed by atoms with Crippen molar-refractivity contribution in [2.75, 3.05) is 5.32 Å². The molecule has 2 aliphatic carbocycles. The van der Waals surface area contributed by atoms with E-state index in [9.17, 15) is 27.9 Å². The molecule has 2 bridgehead atoms. The summed E-state index contributed by atoms with van der Waals surface area (Å²) in [6.45, 7) is 0. The number of thiazole rings is 1. The Balaban J connectivity index is 1.33. The van der Waals surface area contributed by atoms with Crippen LogP contribution >= 0.6 is 11.3 Å². The minimum absolute atomic E-state index is 0.106. The molecule has 1 aromatic carbocycles. The third-order valence-corrected chi connectivity index (χ3v) is 6.86. The summed E-state index contributed by atoms with van der Waals surface area (Å²) in [5, 5.41) is 12.6. The van der Waals surface area contributed by atoms with Gasteiger partial charge in [-0.15, -0.1) is 0 Å². The number of halogens is 3. The second-order valence-corrected chi connectivity index (χ2v) is 8.99. The van der Waals surface area contributed by atoms with Crippen LogP contribution in [0.25, 0.3) is 10.2 Å². The first-order valence-electron chi connectivity index (χ1n) is 10.0. The number of hydrogen-bond acceptors (Lipinski definition) is 6. The molecule has 2 aromatic heterocycles. The molecule has 1 fully saturated rings. The molecule has 170 valence electrons. The number of nitrogens with zero attached hydrogens (tertiary/aromatic N) is 2. The van der Waals surface area contributed by atoms with E-state index in [1.807, 2.05) is 12.2 Å². The topological polar surface area (TPSA) is 101 Å². The molecule has 0 spiro atoms. The van der Waals surface area contributed by atoms with Crippen LogP contribution in [0.5, 0.6) is 11.6 Å². The third-order valence-electron chi connectivity index (χ3n) is 5.92. The van der Waals surface area contributed by atoms with Crippen molar-refractivity contribution in [3.05, 3.63) is 54.2 Å². The van der Waals surface area contributed by atoms with Crippen molar-refractivity contribution >= 4 is 38.6 Å². The monoisotopic (exact) mass is 475 g/mol. The summed E-state index contributed by atoms with van der Waals surface area (Å²) < 4.78 is 44.8. The Morgan fingerprint density at radius 3 is 2.61 bits per heavy atom. The molecule has 3 aromatic rings. The number of carbonyl (C=O) groups is 2.